The van der Waals surface area contributed by atoms with Gasteiger partial charge in [0.1, 0.15) is 0 Å². The van der Waals surface area contributed by atoms with Gasteiger partial charge in [0.15, 0.2) is 0 Å². The minimum Gasteiger partial charge on any atom is -0.555 e. The van der Waals surface area contributed by atoms with Crippen LogP contribution in [-0.2, 0) is 0 Å². The number of rotatable bonds is 6. The van der Waals surface area contributed by atoms with Gasteiger partial charge in [-0.15, -0.1) is 53.6 Å². The SMILES string of the molecule is [PH-]P([PH-])P([PH-])P(P(P)P)P(P(P)P)P(P)P. The molecule has 8 atom stereocenters. The molecule has 0 aliphatic rings. The first-order valence-electron chi connectivity index (χ1n) is 3.42. The third-order valence-corrected chi connectivity index (χ3v) is 92.2. The molecule has 0 amide bonds. The maximum atomic E-state index is 4.02. The van der Waals surface area contributed by atoms with Crippen LogP contribution in [0.15, 0.2) is 0 Å². The Hall–Kier alpha value is 6.88. The van der Waals surface area contributed by atoms with E-state index in [0.29, 0.717) is 0 Å². The highest BCUT2D eigenvalue weighted by atomic mass is 33.4. The second-order valence-electron chi connectivity index (χ2n) is 2.28. The van der Waals surface area contributed by atoms with Gasteiger partial charge in [0.25, 0.3) is 0 Å². The molecule has 16 heteroatoms. The first kappa shape index (κ1) is 22.9. The zero-order valence-corrected chi connectivity index (χ0v) is 24.3. The summed E-state index contributed by atoms with van der Waals surface area (Å²) in [4.78, 5) is 0. The molecule has 0 bridgehead atoms. The summed E-state index contributed by atoms with van der Waals surface area (Å²) in [5.74, 6) is 0. The Morgan fingerprint density at radius 3 is 1.06 bits per heavy atom. The van der Waals surface area contributed by atoms with Crippen molar-refractivity contribution in [3.05, 3.63) is 0 Å². The fraction of sp³-hybridized carbons (Fsp3) is 0. The van der Waals surface area contributed by atoms with Gasteiger partial charge in [0, 0.05) is 0 Å². The Labute approximate surface area is 128 Å². The van der Waals surface area contributed by atoms with E-state index in [4.69, 9.17) is 0 Å². The molecule has 16 heavy (non-hydrogen) atoms. The molecule has 0 fully saturated rings. The Morgan fingerprint density at radius 2 is 0.875 bits per heavy atom. The van der Waals surface area contributed by atoms with Gasteiger partial charge < -0.3 is 33.8 Å². The van der Waals surface area contributed by atoms with Crippen molar-refractivity contribution in [1.82, 2.24) is 0 Å². The molecular weight excluding hydrogens is 496 g/mol. The smallest absolute Gasteiger partial charge is 0.00801 e. The standard InChI is InChI=1S/H15P16/c1-10(2)14(9)16(13(7)8)15(11(3)4)12(5)6/h1-2,9H,3-8H2/q-3. The lowest BCUT2D eigenvalue weighted by molar-refractivity contribution is 4.55. The van der Waals surface area contributed by atoms with Crippen molar-refractivity contribution in [2.45, 2.75) is 0 Å². The summed E-state index contributed by atoms with van der Waals surface area (Å²) < 4.78 is 0. The second kappa shape index (κ2) is 12.3. The molecule has 0 spiro atoms. The van der Waals surface area contributed by atoms with Crippen LogP contribution >= 0.6 is 129 Å². The molecule has 0 heterocycles. The first-order chi connectivity index (χ1) is 7.20. The van der Waals surface area contributed by atoms with E-state index in [-0.39, 0.29) is 48.9 Å². The Morgan fingerprint density at radius 1 is 0.562 bits per heavy atom. The van der Waals surface area contributed by atoms with Crippen molar-refractivity contribution in [3.63, 3.8) is 0 Å². The summed E-state index contributed by atoms with van der Waals surface area (Å²) in [6, 6.07) is 0. The minimum atomic E-state index is -0.208. The topological polar surface area (TPSA) is 0 Å². The molecule has 0 aromatic rings. The fourth-order valence-corrected chi connectivity index (χ4v) is 158. The van der Waals surface area contributed by atoms with Crippen LogP contribution in [0.25, 0.3) is 0 Å². The molecule has 0 aromatic carbocycles. The molecular formula is H15P16-3. The van der Waals surface area contributed by atoms with Gasteiger partial charge in [-0.25, -0.2) is 0 Å². The molecule has 0 saturated heterocycles. The average molecular weight is 511 g/mol. The van der Waals surface area contributed by atoms with Crippen LogP contribution in [0.3, 0.4) is 0 Å². The summed E-state index contributed by atoms with van der Waals surface area (Å²) in [6.45, 7) is -0.0585. The maximum Gasteiger partial charge on any atom is -0.00801 e. The predicted octanol–water partition coefficient (Wildman–Crippen LogP) is 9.76. The highest BCUT2D eigenvalue weighted by Gasteiger charge is 2.29. The first-order valence-corrected chi connectivity index (χ1v) is 30.8. The second-order valence-corrected chi connectivity index (χ2v) is 61.5. The van der Waals surface area contributed by atoms with Crippen LogP contribution in [0.5, 0.6) is 0 Å². The van der Waals surface area contributed by atoms with E-state index >= 15 is 0 Å². The van der Waals surface area contributed by atoms with Crippen molar-refractivity contribution in [3.8, 4) is 0 Å². The van der Waals surface area contributed by atoms with Crippen molar-refractivity contribution < 1.29 is 0 Å². The van der Waals surface area contributed by atoms with Crippen LogP contribution in [0.4, 0.5) is 0 Å². The van der Waals surface area contributed by atoms with E-state index in [1.807, 2.05) is 0 Å². The van der Waals surface area contributed by atoms with Gasteiger partial charge in [0.2, 0.25) is 0 Å². The summed E-state index contributed by atoms with van der Waals surface area (Å²) in [5.41, 5.74) is 0. The van der Waals surface area contributed by atoms with E-state index in [1.165, 1.54) is 0 Å². The van der Waals surface area contributed by atoms with Gasteiger partial charge in [-0.1, -0.05) is 0 Å². The number of hydrogen-bond acceptors (Lipinski definition) is 0. The molecule has 98 valence electrons. The van der Waals surface area contributed by atoms with E-state index < -0.39 is 0 Å². The van der Waals surface area contributed by atoms with Crippen LogP contribution in [0, 0.1) is 0 Å². The number of hydrogen-bond donors (Lipinski definition) is 0. The minimum absolute atomic E-state index is 0.000185. The molecule has 0 aromatic heterocycles. The summed E-state index contributed by atoms with van der Waals surface area (Å²) >= 11 is 0. The molecule has 0 radical (unpaired) electrons. The largest absolute Gasteiger partial charge is 0.555 e. The fourth-order valence-electron chi connectivity index (χ4n) is 0.650. The zero-order valence-electron chi connectivity index (χ0n) is 8.09. The Kier molecular flexibility index (Phi) is 17.5. The Balaban J connectivity index is 5.00. The van der Waals surface area contributed by atoms with Crippen LogP contribution in [0.2, 0.25) is 0 Å². The van der Waals surface area contributed by atoms with Crippen molar-refractivity contribution in [2.75, 3.05) is 0 Å². The normalized spacial score (nSPS) is 16.9. The molecule has 0 nitrogen and oxygen atoms in total. The molecule has 8 unspecified atom stereocenters. The van der Waals surface area contributed by atoms with Gasteiger partial charge in [-0.2, -0.15) is 0 Å². The van der Waals surface area contributed by atoms with Crippen molar-refractivity contribution in [2.24, 2.45) is 0 Å². The van der Waals surface area contributed by atoms with E-state index in [0.717, 1.165) is 0 Å². The molecule has 0 N–H and O–H groups in total. The summed E-state index contributed by atoms with van der Waals surface area (Å²) in [7, 11) is 29.9. The molecule has 0 rings (SSSR count). The summed E-state index contributed by atoms with van der Waals surface area (Å²) in [6.07, 6.45) is 0. The lowest BCUT2D eigenvalue weighted by Gasteiger charge is -2.54. The van der Waals surface area contributed by atoms with Gasteiger partial charge in [-0.05, 0) is 34.9 Å². The summed E-state index contributed by atoms with van der Waals surface area (Å²) in [5, 5.41) is 0. The quantitative estimate of drug-likeness (QED) is 0.312. The van der Waals surface area contributed by atoms with Gasteiger partial charge in [0.05, 0.1) is 0 Å². The third-order valence-electron chi connectivity index (χ3n) is 1.14. The average Bonchev–Trinajstić information content (AvgIpc) is 2.10. The highest BCUT2D eigenvalue weighted by molar-refractivity contribution is 9.30. The molecule has 0 saturated carbocycles. The van der Waals surface area contributed by atoms with Crippen LogP contribution < -0.4 is 0 Å². The van der Waals surface area contributed by atoms with E-state index in [1.54, 1.807) is 0 Å². The maximum absolute atomic E-state index is 4.02. The van der Waals surface area contributed by atoms with E-state index in [2.05, 4.69) is 80.4 Å². The zero-order chi connectivity index (χ0) is 13.0. The lowest BCUT2D eigenvalue weighted by atomic mass is 28.6. The van der Waals surface area contributed by atoms with Gasteiger partial charge >= 0.3 is 0 Å². The van der Waals surface area contributed by atoms with Crippen molar-refractivity contribution >= 4 is 129 Å². The predicted molar refractivity (Wildman–Crippen MR) is 132 cm³/mol. The van der Waals surface area contributed by atoms with Crippen LogP contribution in [-0.4, -0.2) is 0 Å². The highest BCUT2D eigenvalue weighted by Crippen LogP contribution is 3.24. The molecule has 0 aliphatic heterocycles. The monoisotopic (exact) mass is 511 g/mol. The lowest BCUT2D eigenvalue weighted by Crippen LogP contribution is -1.51. The third kappa shape index (κ3) is 8.65. The van der Waals surface area contributed by atoms with E-state index in [9.17, 15) is 0 Å². The van der Waals surface area contributed by atoms with Crippen LogP contribution in [0.1, 0.15) is 0 Å². The van der Waals surface area contributed by atoms with Gasteiger partial charge in [-0.3, -0.25) is 6.99 Å². The molecule has 0 aliphatic carbocycles. The Bertz CT molecular complexity index is 168. The van der Waals surface area contributed by atoms with Crippen molar-refractivity contribution in [1.29, 1.82) is 0 Å².